The summed E-state index contributed by atoms with van der Waals surface area (Å²) in [4.78, 5) is 49.3. The molecule has 3 rings (SSSR count). The molecular formula is C42H65N3O16. The number of Topliss-reactive ketones (excluding diaryl/α,β-unsaturated/α-hetero) is 1. The number of cyclic esters (lactones) is 1. The van der Waals surface area contributed by atoms with Gasteiger partial charge in [-0.2, -0.15) is 0 Å². The summed E-state index contributed by atoms with van der Waals surface area (Å²) < 4.78 is 23.3. The number of aliphatic hydroxyl groups is 7. The lowest BCUT2D eigenvalue weighted by Gasteiger charge is -2.46. The van der Waals surface area contributed by atoms with Crippen molar-refractivity contribution >= 4 is 23.8 Å². The Hall–Kier alpha value is -3.86. The third-order valence-electron chi connectivity index (χ3n) is 10.7. The fourth-order valence-electron chi connectivity index (χ4n) is 6.95. The van der Waals surface area contributed by atoms with E-state index in [1.54, 1.807) is 54.7 Å². The van der Waals surface area contributed by atoms with E-state index in [-0.39, 0.29) is 38.3 Å². The maximum Gasteiger partial charge on any atom is 0.315 e. The van der Waals surface area contributed by atoms with Crippen LogP contribution in [0, 0.1) is 5.92 Å². The summed E-state index contributed by atoms with van der Waals surface area (Å²) in [6, 6.07) is -3.26. The van der Waals surface area contributed by atoms with Gasteiger partial charge in [0.1, 0.15) is 18.0 Å². The zero-order chi connectivity index (χ0) is 45.1. The van der Waals surface area contributed by atoms with Gasteiger partial charge in [-0.05, 0) is 12.3 Å². The Morgan fingerprint density at radius 3 is 2.26 bits per heavy atom. The predicted octanol–water partition coefficient (Wildman–Crippen LogP) is -0.107. The van der Waals surface area contributed by atoms with Crippen LogP contribution < -0.4 is 16.4 Å². The van der Waals surface area contributed by atoms with Crippen molar-refractivity contribution in [2.45, 2.75) is 157 Å². The summed E-state index contributed by atoms with van der Waals surface area (Å²) in [5.74, 6) is -4.64. The molecule has 2 saturated heterocycles. The zero-order valence-corrected chi connectivity index (χ0v) is 34.7. The Labute approximate surface area is 355 Å². The van der Waals surface area contributed by atoms with Gasteiger partial charge in [-0.15, -0.1) is 0 Å². The molecular weight excluding hydrogens is 802 g/mol. The van der Waals surface area contributed by atoms with E-state index >= 15 is 0 Å². The first-order valence-electron chi connectivity index (χ1n) is 20.7. The number of esters is 1. The number of carboxylic acid groups (broad SMARTS) is 1. The molecule has 0 radical (unpaired) electrons. The number of ketones is 1. The van der Waals surface area contributed by atoms with Crippen molar-refractivity contribution in [3.05, 3.63) is 60.8 Å². The minimum absolute atomic E-state index is 0.0195. The van der Waals surface area contributed by atoms with Crippen LogP contribution >= 0.6 is 0 Å². The number of amides is 2. The molecule has 0 aliphatic carbocycles. The number of allylic oxidation sites excluding steroid dienone is 8. The van der Waals surface area contributed by atoms with Crippen LogP contribution in [0.15, 0.2) is 60.8 Å². The minimum Gasteiger partial charge on any atom is -0.481 e. The molecule has 10 unspecified atom stereocenters. The Balaban J connectivity index is 1.94. The van der Waals surface area contributed by atoms with E-state index in [0.29, 0.717) is 6.42 Å². The van der Waals surface area contributed by atoms with Gasteiger partial charge in [0.15, 0.2) is 12.1 Å². The van der Waals surface area contributed by atoms with Gasteiger partial charge in [0.2, 0.25) is 0 Å². The average molecular weight is 868 g/mol. The number of rotatable bonds is 8. The molecule has 3 aliphatic rings. The SMILES string of the molecule is CCC(C)C1C/C=C/C=C/C=C/C=C/C=C/C(O[C@@H]2OC[C@@H](O)[C@H](N)[C@@H]2O)CC2OC(O)(CC(O)C(O)CCC(=O)CC(O)CC(=O)O1)CC(O)C2NC(=O)NCCC(=O)O. The number of ether oxygens (including phenoxy) is 4. The minimum atomic E-state index is -2.33. The molecule has 344 valence electrons. The maximum absolute atomic E-state index is 12.9. The molecule has 12 N–H and O–H groups in total. The van der Waals surface area contributed by atoms with E-state index in [1.165, 1.54) is 0 Å². The number of carbonyl (C=O) groups excluding carboxylic acids is 3. The molecule has 61 heavy (non-hydrogen) atoms. The van der Waals surface area contributed by atoms with E-state index in [2.05, 4.69) is 10.6 Å². The summed E-state index contributed by atoms with van der Waals surface area (Å²) in [7, 11) is 0. The Bertz CT molecular complexity index is 1560. The highest BCUT2D eigenvalue weighted by Crippen LogP contribution is 2.35. The van der Waals surface area contributed by atoms with Crippen LogP contribution in [0.25, 0.3) is 0 Å². The lowest BCUT2D eigenvalue weighted by atomic mass is 9.87. The van der Waals surface area contributed by atoms with Crippen LogP contribution in [-0.4, -0.2) is 157 Å². The Morgan fingerprint density at radius 1 is 0.934 bits per heavy atom. The van der Waals surface area contributed by atoms with Crippen molar-refractivity contribution < 1.29 is 79.0 Å². The number of carbonyl (C=O) groups is 4. The first-order chi connectivity index (χ1) is 28.9. The lowest BCUT2D eigenvalue weighted by molar-refractivity contribution is -0.300. The summed E-state index contributed by atoms with van der Waals surface area (Å²) in [6.45, 7) is 3.40. The molecule has 0 aromatic carbocycles. The standard InChI is InChI=1S/C42H65N3O16/c1-3-25(2)33-14-12-10-8-6-4-5-7-9-11-13-28(59-40-39(55)37(43)32(51)24-58-40)21-34-38(45-41(56)44-18-17-35(52)53)31(50)23-42(57,61-34)22-30(49)29(48)16-15-26(46)19-27(47)20-36(54)60-33/h4-13,25,27-34,37-40,47-51,55,57H,3,14-24,43H2,1-2H3,(H,52,53)(H2,44,45,56)/b5-4+,8-6+,9-7+,12-10+,13-11+/t25?,27?,28?,29?,30?,31?,32-,33?,34?,37+,38?,39+,40+,42?/m1/s1. The van der Waals surface area contributed by atoms with Gasteiger partial charge >= 0.3 is 18.0 Å². The number of urea groups is 1. The van der Waals surface area contributed by atoms with Gasteiger partial charge in [-0.25, -0.2) is 4.79 Å². The van der Waals surface area contributed by atoms with E-state index < -0.39 is 135 Å². The van der Waals surface area contributed by atoms with Gasteiger partial charge in [0, 0.05) is 45.1 Å². The largest absolute Gasteiger partial charge is 0.481 e. The number of aliphatic hydroxyl groups excluding tert-OH is 6. The predicted molar refractivity (Wildman–Crippen MR) is 218 cm³/mol. The number of hydrogen-bond acceptors (Lipinski definition) is 16. The third kappa shape index (κ3) is 18.2. The topological polar surface area (TPSA) is 317 Å². The van der Waals surface area contributed by atoms with Crippen molar-refractivity contribution in [1.29, 1.82) is 0 Å². The summed E-state index contributed by atoms with van der Waals surface area (Å²) in [5, 5.41) is 90.1. The number of nitrogens with one attached hydrogen (secondary N) is 2. The molecule has 0 spiro atoms. The molecule has 0 aromatic rings. The second kappa shape index (κ2) is 25.9. The fraction of sp³-hybridized carbons (Fsp3) is 0.667. The number of fused-ring (bicyclic) bond motifs is 2. The van der Waals surface area contributed by atoms with Gasteiger partial charge in [-0.1, -0.05) is 81.0 Å². The summed E-state index contributed by atoms with van der Waals surface area (Å²) in [6.07, 6.45) is 2.02. The molecule has 19 nitrogen and oxygen atoms in total. The molecule has 14 atom stereocenters. The number of hydrogen-bond donors (Lipinski definition) is 11. The van der Waals surface area contributed by atoms with Crippen molar-refractivity contribution in [2.75, 3.05) is 13.2 Å². The van der Waals surface area contributed by atoms with E-state index in [4.69, 9.17) is 29.8 Å². The number of nitrogens with two attached hydrogens (primary N) is 1. The van der Waals surface area contributed by atoms with Crippen molar-refractivity contribution in [1.82, 2.24) is 10.6 Å². The summed E-state index contributed by atoms with van der Waals surface area (Å²) >= 11 is 0. The Kier molecular flexibility index (Phi) is 21.9. The van der Waals surface area contributed by atoms with Crippen LogP contribution in [0.3, 0.4) is 0 Å². The van der Waals surface area contributed by atoms with Crippen LogP contribution in [0.1, 0.15) is 78.1 Å². The molecule has 0 aromatic heterocycles. The van der Waals surface area contributed by atoms with Gasteiger partial charge in [0.25, 0.3) is 0 Å². The van der Waals surface area contributed by atoms with Crippen molar-refractivity contribution in [3.8, 4) is 0 Å². The molecule has 19 heteroatoms. The number of aliphatic carboxylic acids is 1. The van der Waals surface area contributed by atoms with Gasteiger partial charge < -0.3 is 76.2 Å². The third-order valence-corrected chi connectivity index (χ3v) is 10.7. The first-order valence-corrected chi connectivity index (χ1v) is 20.7. The second-order valence-corrected chi connectivity index (χ2v) is 15.8. The van der Waals surface area contributed by atoms with Crippen molar-refractivity contribution in [2.24, 2.45) is 11.7 Å². The maximum atomic E-state index is 12.9. The van der Waals surface area contributed by atoms with E-state index in [0.717, 1.165) is 6.42 Å². The van der Waals surface area contributed by atoms with E-state index in [9.17, 15) is 54.9 Å². The normalized spacial score (nSPS) is 38.6. The molecule has 2 bridgehead atoms. The van der Waals surface area contributed by atoms with Crippen molar-refractivity contribution in [3.63, 3.8) is 0 Å². The highest BCUT2D eigenvalue weighted by atomic mass is 16.7. The quantitative estimate of drug-likeness (QED) is 0.142. The molecule has 2 amide bonds. The van der Waals surface area contributed by atoms with Gasteiger partial charge in [-0.3, -0.25) is 14.4 Å². The molecule has 0 saturated carbocycles. The fourth-order valence-corrected chi connectivity index (χ4v) is 6.95. The van der Waals surface area contributed by atoms with Crippen LogP contribution in [-0.2, 0) is 33.3 Å². The lowest BCUT2D eigenvalue weighted by Crippen LogP contribution is -2.63. The number of carboxylic acids is 1. The second-order valence-electron chi connectivity index (χ2n) is 15.8. The molecule has 3 heterocycles. The van der Waals surface area contributed by atoms with Crippen LogP contribution in [0.4, 0.5) is 4.79 Å². The Morgan fingerprint density at radius 2 is 1.59 bits per heavy atom. The highest BCUT2D eigenvalue weighted by molar-refractivity contribution is 5.80. The van der Waals surface area contributed by atoms with E-state index in [1.807, 2.05) is 19.9 Å². The van der Waals surface area contributed by atoms with Crippen LogP contribution in [0.2, 0.25) is 0 Å². The monoisotopic (exact) mass is 867 g/mol. The smallest absolute Gasteiger partial charge is 0.315 e. The van der Waals surface area contributed by atoms with Gasteiger partial charge in [0.05, 0.1) is 74.3 Å². The summed E-state index contributed by atoms with van der Waals surface area (Å²) in [5.41, 5.74) is 5.96. The molecule has 3 aliphatic heterocycles. The average Bonchev–Trinajstić information content (AvgIpc) is 3.18. The molecule has 2 fully saturated rings. The zero-order valence-electron chi connectivity index (χ0n) is 34.7. The van der Waals surface area contributed by atoms with Crippen LogP contribution in [0.5, 0.6) is 0 Å². The highest BCUT2D eigenvalue weighted by Gasteiger charge is 2.49. The first kappa shape index (κ1) is 51.5.